The number of anilines is 3. The van der Waals surface area contributed by atoms with Crippen molar-refractivity contribution in [1.29, 1.82) is 0 Å². The van der Waals surface area contributed by atoms with Crippen LogP contribution in [0.15, 0.2) is 36.5 Å². The van der Waals surface area contributed by atoms with Gasteiger partial charge in [0.05, 0.1) is 23.6 Å². The van der Waals surface area contributed by atoms with Gasteiger partial charge in [-0.1, -0.05) is 6.07 Å². The minimum atomic E-state index is -5.10. The average molecular weight is 569 g/mol. The molecule has 2 heterocycles. The van der Waals surface area contributed by atoms with E-state index in [0.717, 1.165) is 18.2 Å². The maximum Gasteiger partial charge on any atom is 0.355 e. The highest BCUT2D eigenvalue weighted by Gasteiger charge is 2.26. The molecule has 0 bridgehead atoms. The summed E-state index contributed by atoms with van der Waals surface area (Å²) in [6.07, 6.45) is 2.77. The Bertz CT molecular complexity index is 1480. The number of pyridine rings is 1. The third-order valence-corrected chi connectivity index (χ3v) is 6.13. The third kappa shape index (κ3) is 7.53. The number of benzene rings is 1. The lowest BCUT2D eigenvalue weighted by Gasteiger charge is -2.10. The highest BCUT2D eigenvalue weighted by molar-refractivity contribution is 7.93. The Morgan fingerprint density at radius 2 is 1.90 bits per heavy atom. The Labute approximate surface area is 220 Å². The van der Waals surface area contributed by atoms with Crippen molar-refractivity contribution in [2.75, 3.05) is 16.6 Å². The van der Waals surface area contributed by atoms with E-state index in [-0.39, 0.29) is 46.4 Å². The Morgan fingerprint density at radius 3 is 2.49 bits per heavy atom. The van der Waals surface area contributed by atoms with Crippen molar-refractivity contribution in [1.82, 2.24) is 15.2 Å². The van der Waals surface area contributed by atoms with Gasteiger partial charge in [0, 0.05) is 18.2 Å². The van der Waals surface area contributed by atoms with Gasteiger partial charge in [0.15, 0.2) is 5.82 Å². The number of aromatic nitrogens is 3. The molecule has 0 aliphatic heterocycles. The summed E-state index contributed by atoms with van der Waals surface area (Å²) in [7, 11) is -5.10. The van der Waals surface area contributed by atoms with E-state index in [1.807, 2.05) is 0 Å². The Hall–Kier alpha value is -4.47. The van der Waals surface area contributed by atoms with Crippen LogP contribution in [0, 0.1) is 5.82 Å². The molecule has 3 aromatic rings. The second-order valence-electron chi connectivity index (χ2n) is 8.14. The predicted octanol–water partition coefficient (Wildman–Crippen LogP) is 3.33. The highest BCUT2D eigenvalue weighted by Crippen LogP contribution is 2.31. The van der Waals surface area contributed by atoms with Crippen molar-refractivity contribution in [3.8, 4) is 11.3 Å². The smallest absolute Gasteiger partial charge is 0.355 e. The quantitative estimate of drug-likeness (QED) is 0.177. The van der Waals surface area contributed by atoms with Gasteiger partial charge < -0.3 is 20.6 Å². The summed E-state index contributed by atoms with van der Waals surface area (Å²) in [4.78, 5) is 39.3. The molecule has 0 spiro atoms. The van der Waals surface area contributed by atoms with Crippen LogP contribution in [-0.4, -0.2) is 53.6 Å². The lowest BCUT2D eigenvalue weighted by atomic mass is 10.1. The third-order valence-electron chi connectivity index (χ3n) is 5.16. The summed E-state index contributed by atoms with van der Waals surface area (Å²) in [5.41, 5.74) is 4.67. The minimum Gasteiger partial charge on any atom is -0.462 e. The minimum absolute atomic E-state index is 0.0104. The molecule has 0 unspecified atom stereocenters. The average Bonchev–Trinajstić information content (AvgIpc) is 3.28. The highest BCUT2D eigenvalue weighted by atomic mass is 32.2. The van der Waals surface area contributed by atoms with E-state index in [1.165, 1.54) is 30.0 Å². The standard InChI is InChI=1S/C23H23F3N6O6S/c1-12(33)4-2-3-9-38-22(35)14-6-8-17(28-11-14)29-21-18(20(27)34)19(30-31-21)13-5-7-16(15(24)10-13)32-39(36,37)23(25)26/h5-8,10-11,23,32H,2-4,9H2,1H3,(H2,27,34)(H2,28,29,30,31). The van der Waals surface area contributed by atoms with E-state index in [9.17, 15) is 36.0 Å². The van der Waals surface area contributed by atoms with E-state index in [1.54, 1.807) is 0 Å². The Kier molecular flexibility index (Phi) is 9.24. The molecular formula is C23H23F3N6O6S. The van der Waals surface area contributed by atoms with Crippen LogP contribution in [0.4, 0.5) is 30.5 Å². The summed E-state index contributed by atoms with van der Waals surface area (Å²) in [5.74, 6) is -6.41. The van der Waals surface area contributed by atoms with E-state index < -0.39 is 39.2 Å². The van der Waals surface area contributed by atoms with Gasteiger partial charge in [0.2, 0.25) is 0 Å². The number of esters is 1. The zero-order valence-corrected chi connectivity index (χ0v) is 21.1. The summed E-state index contributed by atoms with van der Waals surface area (Å²) >= 11 is 0. The molecule has 0 saturated carbocycles. The number of ketones is 1. The number of amides is 1. The van der Waals surface area contributed by atoms with Gasteiger partial charge in [0.1, 0.15) is 23.0 Å². The van der Waals surface area contributed by atoms with Gasteiger partial charge in [-0.25, -0.2) is 22.6 Å². The number of hydrogen-bond acceptors (Lipinski definition) is 9. The van der Waals surface area contributed by atoms with Crippen molar-refractivity contribution >= 4 is 45.0 Å². The molecule has 1 amide bonds. The first-order valence-electron chi connectivity index (χ1n) is 11.3. The number of carbonyl (C=O) groups is 3. The number of nitrogens with zero attached hydrogens (tertiary/aromatic N) is 2. The number of alkyl halides is 2. The second kappa shape index (κ2) is 12.4. The fourth-order valence-electron chi connectivity index (χ4n) is 3.27. The zero-order valence-electron chi connectivity index (χ0n) is 20.3. The largest absolute Gasteiger partial charge is 0.462 e. The number of aromatic amines is 1. The number of H-pyrrole nitrogens is 1. The van der Waals surface area contributed by atoms with E-state index in [0.29, 0.717) is 19.3 Å². The fourth-order valence-corrected chi connectivity index (χ4v) is 3.83. The number of rotatable bonds is 13. The first-order chi connectivity index (χ1) is 18.4. The molecule has 12 nitrogen and oxygen atoms in total. The number of halogens is 3. The van der Waals surface area contributed by atoms with Crippen LogP contribution >= 0.6 is 0 Å². The number of primary amides is 1. The number of carbonyl (C=O) groups excluding carboxylic acids is 3. The second-order valence-corrected chi connectivity index (χ2v) is 9.79. The molecule has 3 rings (SSSR count). The van der Waals surface area contributed by atoms with Crippen molar-refractivity contribution in [2.24, 2.45) is 5.73 Å². The van der Waals surface area contributed by atoms with E-state index in [2.05, 4.69) is 20.5 Å². The zero-order chi connectivity index (χ0) is 28.7. The molecule has 2 aromatic heterocycles. The maximum atomic E-state index is 14.5. The Morgan fingerprint density at radius 1 is 1.15 bits per heavy atom. The SMILES string of the molecule is CC(=O)CCCCOC(=O)c1ccc(Nc2n[nH]c(-c3ccc(NS(=O)(=O)C(F)F)c(F)c3)c2C(N)=O)nc1. The number of unbranched alkanes of at least 4 members (excludes halogenated alkanes) is 1. The Balaban J connectivity index is 1.73. The van der Waals surface area contributed by atoms with Crippen LogP contribution in [0.1, 0.15) is 46.9 Å². The monoisotopic (exact) mass is 568 g/mol. The van der Waals surface area contributed by atoms with Crippen LogP contribution < -0.4 is 15.8 Å². The number of nitrogens with two attached hydrogens (primary N) is 1. The van der Waals surface area contributed by atoms with Crippen LogP contribution in [-0.2, 0) is 19.6 Å². The van der Waals surface area contributed by atoms with Crippen LogP contribution in [0.25, 0.3) is 11.3 Å². The van der Waals surface area contributed by atoms with Gasteiger partial charge in [-0.2, -0.15) is 13.9 Å². The van der Waals surface area contributed by atoms with Crippen molar-refractivity contribution in [3.63, 3.8) is 0 Å². The van der Waals surface area contributed by atoms with Gasteiger partial charge in [-0.05, 0) is 44.0 Å². The summed E-state index contributed by atoms with van der Waals surface area (Å²) in [6, 6.07) is 5.68. The normalized spacial score (nSPS) is 11.3. The van der Waals surface area contributed by atoms with E-state index >= 15 is 0 Å². The molecule has 0 radical (unpaired) electrons. The molecule has 0 atom stereocenters. The first-order valence-corrected chi connectivity index (χ1v) is 12.8. The fraction of sp³-hybridized carbons (Fsp3) is 0.261. The van der Waals surface area contributed by atoms with Gasteiger partial charge in [0.25, 0.3) is 15.9 Å². The van der Waals surface area contributed by atoms with Crippen molar-refractivity contribution in [3.05, 3.63) is 53.5 Å². The number of ether oxygens (including phenoxy) is 1. The first kappa shape index (κ1) is 29.1. The predicted molar refractivity (Wildman–Crippen MR) is 133 cm³/mol. The number of hydrogen-bond donors (Lipinski definition) is 4. The molecule has 208 valence electrons. The number of nitrogens with one attached hydrogen (secondary N) is 3. The molecule has 0 saturated heterocycles. The number of Topliss-reactive ketones (excluding diaryl/α,β-unsaturated/α-hetero) is 1. The molecule has 16 heteroatoms. The summed E-state index contributed by atoms with van der Waals surface area (Å²) in [5, 5.41) is 9.20. The summed E-state index contributed by atoms with van der Waals surface area (Å²) < 4.78 is 68.8. The molecule has 0 fully saturated rings. The van der Waals surface area contributed by atoms with Gasteiger partial charge >= 0.3 is 11.7 Å². The van der Waals surface area contributed by atoms with Gasteiger partial charge in [-0.15, -0.1) is 0 Å². The van der Waals surface area contributed by atoms with Crippen LogP contribution in [0.2, 0.25) is 0 Å². The van der Waals surface area contributed by atoms with E-state index in [4.69, 9.17) is 10.5 Å². The molecule has 5 N–H and O–H groups in total. The van der Waals surface area contributed by atoms with Crippen molar-refractivity contribution < 1.29 is 40.7 Å². The van der Waals surface area contributed by atoms with Crippen molar-refractivity contribution in [2.45, 2.75) is 31.9 Å². The topological polar surface area (TPSA) is 186 Å². The molecule has 39 heavy (non-hydrogen) atoms. The van der Waals surface area contributed by atoms with Gasteiger partial charge in [-0.3, -0.25) is 14.6 Å². The molecular weight excluding hydrogens is 545 g/mol. The lowest BCUT2D eigenvalue weighted by molar-refractivity contribution is -0.117. The van der Waals surface area contributed by atoms with Crippen LogP contribution in [0.5, 0.6) is 0 Å². The van der Waals surface area contributed by atoms with Crippen LogP contribution in [0.3, 0.4) is 0 Å². The summed E-state index contributed by atoms with van der Waals surface area (Å²) in [6.45, 7) is 1.62. The molecule has 0 aliphatic carbocycles. The number of sulfonamides is 1. The lowest BCUT2D eigenvalue weighted by Crippen LogP contribution is -2.21. The molecule has 0 aliphatic rings. The molecule has 1 aromatic carbocycles. The maximum absolute atomic E-state index is 14.5.